The van der Waals surface area contributed by atoms with Crippen LogP contribution in [0.2, 0.25) is 0 Å². The summed E-state index contributed by atoms with van der Waals surface area (Å²) in [7, 11) is 0. The summed E-state index contributed by atoms with van der Waals surface area (Å²) in [4.78, 5) is 10.7. The van der Waals surface area contributed by atoms with Crippen LogP contribution in [0.25, 0.3) is 11.3 Å². The van der Waals surface area contributed by atoms with Crippen LogP contribution in [0, 0.1) is 0 Å². The molecule has 4 aromatic rings. The van der Waals surface area contributed by atoms with Crippen molar-refractivity contribution in [1.29, 1.82) is 0 Å². The van der Waals surface area contributed by atoms with Gasteiger partial charge in [-0.2, -0.15) is 0 Å². The average molecular weight is 417 g/mol. The van der Waals surface area contributed by atoms with Gasteiger partial charge in [-0.3, -0.25) is 0 Å². The molecule has 7 heteroatoms. The maximum Gasteiger partial charge on any atom is 0.513 e. The Bertz CT molecular complexity index is 1140. The Morgan fingerprint density at radius 3 is 2.13 bits per heavy atom. The predicted octanol–water partition coefficient (Wildman–Crippen LogP) is 5.56. The lowest BCUT2D eigenvalue weighted by Gasteiger charge is -2.13. The first-order valence-electron chi connectivity index (χ1n) is 9.53. The first-order valence-corrected chi connectivity index (χ1v) is 9.53. The highest BCUT2D eigenvalue weighted by molar-refractivity contribution is 5.69. The molecule has 7 nitrogen and oxygen atoms in total. The zero-order valence-electron chi connectivity index (χ0n) is 16.4. The van der Waals surface area contributed by atoms with Gasteiger partial charge < -0.3 is 23.8 Å². The summed E-state index contributed by atoms with van der Waals surface area (Å²) < 4.78 is 21.4. The number of ether oxygens (including phenoxy) is 3. The summed E-state index contributed by atoms with van der Waals surface area (Å²) in [6, 6.07) is 26.3. The van der Waals surface area contributed by atoms with Gasteiger partial charge in [0, 0.05) is 11.6 Å². The second-order valence-corrected chi connectivity index (χ2v) is 6.61. The van der Waals surface area contributed by atoms with Crippen molar-refractivity contribution in [3.8, 4) is 28.7 Å². The fourth-order valence-corrected chi connectivity index (χ4v) is 2.92. The van der Waals surface area contributed by atoms with Crippen molar-refractivity contribution >= 4 is 6.16 Å². The fourth-order valence-electron chi connectivity index (χ4n) is 2.92. The van der Waals surface area contributed by atoms with E-state index in [-0.39, 0.29) is 5.95 Å². The van der Waals surface area contributed by atoms with E-state index >= 15 is 0 Å². The molecule has 0 saturated carbocycles. The van der Waals surface area contributed by atoms with Crippen LogP contribution in [0.5, 0.6) is 17.4 Å². The molecule has 4 rings (SSSR count). The number of aromatic nitrogens is 1. The van der Waals surface area contributed by atoms with Gasteiger partial charge in [-0.25, -0.2) is 4.79 Å². The third-order valence-electron chi connectivity index (χ3n) is 4.39. The summed E-state index contributed by atoms with van der Waals surface area (Å²) in [6.07, 6.45) is -1.48. The summed E-state index contributed by atoms with van der Waals surface area (Å²) in [5, 5.41) is 12.6. The Kier molecular flexibility index (Phi) is 6.13. The molecule has 0 unspecified atom stereocenters. The van der Waals surface area contributed by atoms with Gasteiger partial charge in [-0.1, -0.05) is 65.8 Å². The number of hydrogen-bond donors (Lipinski definition) is 1. The van der Waals surface area contributed by atoms with Crippen LogP contribution in [0.1, 0.15) is 11.1 Å². The minimum absolute atomic E-state index is 0.221. The molecule has 31 heavy (non-hydrogen) atoms. The molecule has 0 aliphatic rings. The van der Waals surface area contributed by atoms with Gasteiger partial charge in [0.05, 0.1) is 6.07 Å². The SMILES string of the molecule is O=C(O)Oc1cc(-c2ccc(OCc3ccccc3)cc2OCc2ccccc2)no1. The van der Waals surface area contributed by atoms with Crippen LogP contribution in [0.4, 0.5) is 4.79 Å². The summed E-state index contributed by atoms with van der Waals surface area (Å²) >= 11 is 0. The molecule has 1 heterocycles. The molecule has 0 fully saturated rings. The Balaban J connectivity index is 1.58. The highest BCUT2D eigenvalue weighted by Gasteiger charge is 2.16. The van der Waals surface area contributed by atoms with E-state index in [0.29, 0.717) is 36.0 Å². The van der Waals surface area contributed by atoms with Crippen LogP contribution in [0.15, 0.2) is 89.5 Å². The van der Waals surface area contributed by atoms with E-state index in [1.807, 2.05) is 60.7 Å². The minimum atomic E-state index is -1.48. The van der Waals surface area contributed by atoms with Crippen LogP contribution < -0.4 is 14.2 Å². The minimum Gasteiger partial charge on any atom is -0.489 e. The summed E-state index contributed by atoms with van der Waals surface area (Å²) in [5.41, 5.74) is 3.05. The average Bonchev–Trinajstić information content (AvgIpc) is 3.25. The van der Waals surface area contributed by atoms with Crippen molar-refractivity contribution in [1.82, 2.24) is 5.16 Å². The van der Waals surface area contributed by atoms with E-state index in [9.17, 15) is 4.79 Å². The molecule has 0 spiro atoms. The second-order valence-electron chi connectivity index (χ2n) is 6.61. The highest BCUT2D eigenvalue weighted by Crippen LogP contribution is 2.35. The Morgan fingerprint density at radius 1 is 0.839 bits per heavy atom. The van der Waals surface area contributed by atoms with Crippen LogP contribution in [-0.2, 0) is 13.2 Å². The van der Waals surface area contributed by atoms with Crippen molar-refractivity contribution in [2.24, 2.45) is 0 Å². The molecule has 0 saturated heterocycles. The Hall–Kier alpha value is -4.26. The monoisotopic (exact) mass is 417 g/mol. The number of nitrogens with zero attached hydrogens (tertiary/aromatic N) is 1. The number of hydrogen-bond acceptors (Lipinski definition) is 6. The lowest BCUT2D eigenvalue weighted by Crippen LogP contribution is -2.01. The third-order valence-corrected chi connectivity index (χ3v) is 4.39. The van der Waals surface area contributed by atoms with Gasteiger partial charge in [0.15, 0.2) is 0 Å². The number of benzene rings is 3. The van der Waals surface area contributed by atoms with Crippen molar-refractivity contribution < 1.29 is 28.6 Å². The first kappa shape index (κ1) is 20.0. The zero-order valence-corrected chi connectivity index (χ0v) is 16.4. The quantitative estimate of drug-likeness (QED) is 0.376. The highest BCUT2D eigenvalue weighted by atomic mass is 16.7. The maximum atomic E-state index is 10.7. The Morgan fingerprint density at radius 2 is 1.48 bits per heavy atom. The molecule has 0 aliphatic carbocycles. The smallest absolute Gasteiger partial charge is 0.489 e. The molecular weight excluding hydrogens is 398 g/mol. The standard InChI is InChI=1S/C24H19NO6/c26-24(27)30-23-14-21(25-31-23)20-12-11-19(28-15-17-7-3-1-4-8-17)13-22(20)29-16-18-9-5-2-6-10-18/h1-14H,15-16H2,(H,26,27). The predicted molar refractivity (Wildman–Crippen MR) is 112 cm³/mol. The van der Waals surface area contributed by atoms with Crippen LogP contribution in [-0.4, -0.2) is 16.4 Å². The summed E-state index contributed by atoms with van der Waals surface area (Å²) in [5.74, 6) is 0.923. The van der Waals surface area contributed by atoms with E-state index in [4.69, 9.17) is 19.1 Å². The molecule has 0 bridgehead atoms. The van der Waals surface area contributed by atoms with Crippen molar-refractivity contribution in [2.45, 2.75) is 13.2 Å². The molecule has 0 aliphatic heterocycles. The number of carbonyl (C=O) groups is 1. The molecule has 1 N–H and O–H groups in total. The number of carboxylic acid groups (broad SMARTS) is 1. The molecule has 156 valence electrons. The lowest BCUT2D eigenvalue weighted by molar-refractivity contribution is 0.128. The second kappa shape index (κ2) is 9.49. The van der Waals surface area contributed by atoms with Crippen molar-refractivity contribution in [2.75, 3.05) is 0 Å². The molecule has 3 aromatic carbocycles. The normalized spacial score (nSPS) is 10.5. The van der Waals surface area contributed by atoms with Crippen molar-refractivity contribution in [3.63, 3.8) is 0 Å². The lowest BCUT2D eigenvalue weighted by atomic mass is 10.1. The topological polar surface area (TPSA) is 91.0 Å². The first-order chi connectivity index (χ1) is 15.2. The van der Waals surface area contributed by atoms with Crippen LogP contribution in [0.3, 0.4) is 0 Å². The van der Waals surface area contributed by atoms with Gasteiger partial charge in [0.1, 0.15) is 30.4 Å². The maximum absolute atomic E-state index is 10.7. The molecule has 0 atom stereocenters. The third kappa shape index (κ3) is 5.42. The van der Waals surface area contributed by atoms with E-state index in [2.05, 4.69) is 9.89 Å². The van der Waals surface area contributed by atoms with E-state index in [0.717, 1.165) is 11.1 Å². The van der Waals surface area contributed by atoms with E-state index < -0.39 is 6.16 Å². The molecule has 1 aromatic heterocycles. The van der Waals surface area contributed by atoms with Gasteiger partial charge >= 0.3 is 12.1 Å². The number of rotatable bonds is 8. The van der Waals surface area contributed by atoms with E-state index in [1.54, 1.807) is 18.2 Å². The molecule has 0 radical (unpaired) electrons. The van der Waals surface area contributed by atoms with Gasteiger partial charge in [-0.05, 0) is 23.3 Å². The van der Waals surface area contributed by atoms with Gasteiger partial charge in [-0.15, -0.1) is 0 Å². The largest absolute Gasteiger partial charge is 0.513 e. The van der Waals surface area contributed by atoms with Crippen molar-refractivity contribution in [3.05, 3.63) is 96.1 Å². The van der Waals surface area contributed by atoms with Crippen LogP contribution >= 0.6 is 0 Å². The molecule has 0 amide bonds. The fraction of sp³-hybridized carbons (Fsp3) is 0.0833. The summed E-state index contributed by atoms with van der Waals surface area (Å²) in [6.45, 7) is 0.755. The van der Waals surface area contributed by atoms with Gasteiger partial charge in [0.25, 0.3) is 0 Å². The van der Waals surface area contributed by atoms with Gasteiger partial charge in [0.2, 0.25) is 0 Å². The van der Waals surface area contributed by atoms with E-state index in [1.165, 1.54) is 6.07 Å². The zero-order chi connectivity index (χ0) is 21.5. The Labute approximate surface area is 178 Å². The molecular formula is C24H19NO6.